The summed E-state index contributed by atoms with van der Waals surface area (Å²) in [5.74, 6) is 1.95. The molecule has 5 rings (SSSR count). The lowest BCUT2D eigenvalue weighted by molar-refractivity contribution is -0.130. The number of benzene rings is 1. The van der Waals surface area contributed by atoms with Gasteiger partial charge in [-0.3, -0.25) is 9.89 Å². The van der Waals surface area contributed by atoms with Gasteiger partial charge in [-0.15, -0.1) is 0 Å². The zero-order chi connectivity index (χ0) is 18.5. The van der Waals surface area contributed by atoms with Crippen molar-refractivity contribution in [3.8, 4) is 0 Å². The molecule has 0 saturated carbocycles. The van der Waals surface area contributed by atoms with Crippen LogP contribution in [0.3, 0.4) is 0 Å². The van der Waals surface area contributed by atoms with Gasteiger partial charge in [0.15, 0.2) is 5.65 Å². The summed E-state index contributed by atoms with van der Waals surface area (Å²) in [6.45, 7) is 4.10. The SMILES string of the molecule is CC(=O)N1C[C@H]2CN(c3nc(N)nc4[nH]ncc34)C[C@H]2[C@H]1c1ccccc1. The standard InChI is InChI=1S/C19H21N7O/c1-11(27)26-9-13-8-25(10-15(13)16(26)12-5-3-2-4-6-12)18-14-7-21-24-17(14)22-19(20)23-18/h2-7,13,15-16H,8-10H2,1H3,(H3,20,21,22,23,24)/t13-,15-,16-/m1/s1. The molecule has 2 saturated heterocycles. The Hall–Kier alpha value is -3.16. The highest BCUT2D eigenvalue weighted by Gasteiger charge is 2.48. The summed E-state index contributed by atoms with van der Waals surface area (Å²) in [6, 6.07) is 10.4. The quantitative estimate of drug-likeness (QED) is 0.716. The molecule has 2 fully saturated rings. The Morgan fingerprint density at radius 1 is 1.19 bits per heavy atom. The molecule has 1 aromatic carbocycles. The van der Waals surface area contributed by atoms with E-state index in [1.165, 1.54) is 5.56 Å². The Balaban J connectivity index is 1.51. The number of likely N-dealkylation sites (tertiary alicyclic amines) is 1. The van der Waals surface area contributed by atoms with E-state index < -0.39 is 0 Å². The minimum absolute atomic E-state index is 0.0951. The molecule has 3 N–H and O–H groups in total. The molecular weight excluding hydrogens is 342 g/mol. The van der Waals surface area contributed by atoms with Crippen LogP contribution in [0.25, 0.3) is 11.0 Å². The van der Waals surface area contributed by atoms with Crippen LogP contribution >= 0.6 is 0 Å². The number of hydrogen-bond donors (Lipinski definition) is 2. The van der Waals surface area contributed by atoms with Crippen LogP contribution in [0.5, 0.6) is 0 Å². The van der Waals surface area contributed by atoms with E-state index in [1.807, 2.05) is 23.1 Å². The van der Waals surface area contributed by atoms with Gasteiger partial charge in [0.1, 0.15) is 5.82 Å². The van der Waals surface area contributed by atoms with Gasteiger partial charge in [0.2, 0.25) is 11.9 Å². The van der Waals surface area contributed by atoms with Crippen LogP contribution in [0.1, 0.15) is 18.5 Å². The van der Waals surface area contributed by atoms with E-state index in [0.29, 0.717) is 17.5 Å². The first-order chi connectivity index (χ1) is 13.1. The predicted octanol–water partition coefficient (Wildman–Crippen LogP) is 1.59. The van der Waals surface area contributed by atoms with E-state index >= 15 is 0 Å². The van der Waals surface area contributed by atoms with Crippen LogP contribution in [0.15, 0.2) is 36.5 Å². The molecule has 1 amide bonds. The van der Waals surface area contributed by atoms with Gasteiger partial charge in [0, 0.05) is 38.4 Å². The van der Waals surface area contributed by atoms with E-state index in [9.17, 15) is 4.79 Å². The highest BCUT2D eigenvalue weighted by atomic mass is 16.2. The Morgan fingerprint density at radius 2 is 2.00 bits per heavy atom. The van der Waals surface area contributed by atoms with Crippen LogP contribution in [0.4, 0.5) is 11.8 Å². The van der Waals surface area contributed by atoms with Crippen molar-refractivity contribution >= 4 is 28.7 Å². The Bertz CT molecular complexity index is 1000. The molecule has 2 aromatic heterocycles. The first-order valence-electron chi connectivity index (χ1n) is 9.15. The summed E-state index contributed by atoms with van der Waals surface area (Å²) in [7, 11) is 0. The third-order valence-corrected chi connectivity index (χ3v) is 5.82. The molecule has 0 bridgehead atoms. The molecule has 8 heteroatoms. The maximum Gasteiger partial charge on any atom is 0.224 e. The average Bonchev–Trinajstić information content (AvgIpc) is 3.35. The number of anilines is 2. The van der Waals surface area contributed by atoms with E-state index in [4.69, 9.17) is 5.73 Å². The number of fused-ring (bicyclic) bond motifs is 2. The third kappa shape index (κ3) is 2.51. The molecule has 3 atom stereocenters. The van der Waals surface area contributed by atoms with E-state index in [1.54, 1.807) is 13.1 Å². The fourth-order valence-electron chi connectivity index (χ4n) is 4.70. The first-order valence-corrected chi connectivity index (χ1v) is 9.15. The maximum absolute atomic E-state index is 12.3. The second-order valence-electron chi connectivity index (χ2n) is 7.39. The summed E-state index contributed by atoms with van der Waals surface area (Å²) in [4.78, 5) is 25.2. The number of nitrogens with one attached hydrogen (secondary N) is 1. The molecule has 2 aliphatic heterocycles. The summed E-state index contributed by atoms with van der Waals surface area (Å²) < 4.78 is 0. The molecule has 27 heavy (non-hydrogen) atoms. The van der Waals surface area contributed by atoms with Gasteiger partial charge in [0.05, 0.1) is 17.6 Å². The van der Waals surface area contributed by atoms with Crippen molar-refractivity contribution in [3.63, 3.8) is 0 Å². The second-order valence-corrected chi connectivity index (χ2v) is 7.39. The maximum atomic E-state index is 12.3. The number of nitrogens with zero attached hydrogens (tertiary/aromatic N) is 5. The van der Waals surface area contributed by atoms with Gasteiger partial charge < -0.3 is 15.5 Å². The monoisotopic (exact) mass is 363 g/mol. The van der Waals surface area contributed by atoms with Gasteiger partial charge in [-0.25, -0.2) is 0 Å². The molecule has 0 unspecified atom stereocenters. The van der Waals surface area contributed by atoms with Crippen LogP contribution in [-0.2, 0) is 4.79 Å². The summed E-state index contributed by atoms with van der Waals surface area (Å²) in [5, 5.41) is 7.83. The van der Waals surface area contributed by atoms with Crippen LogP contribution in [-0.4, -0.2) is 50.6 Å². The molecule has 0 spiro atoms. The second kappa shape index (κ2) is 5.94. The topological polar surface area (TPSA) is 104 Å². The third-order valence-electron chi connectivity index (χ3n) is 5.82. The van der Waals surface area contributed by atoms with Gasteiger partial charge in [-0.05, 0) is 5.56 Å². The van der Waals surface area contributed by atoms with Crippen molar-refractivity contribution in [1.82, 2.24) is 25.1 Å². The number of H-pyrrole nitrogens is 1. The molecule has 0 aliphatic carbocycles. The zero-order valence-electron chi connectivity index (χ0n) is 15.0. The lowest BCUT2D eigenvalue weighted by Gasteiger charge is -2.29. The normalized spacial score (nSPS) is 24.6. The highest BCUT2D eigenvalue weighted by Crippen LogP contribution is 2.46. The van der Waals surface area contributed by atoms with Crippen molar-refractivity contribution in [2.45, 2.75) is 13.0 Å². The lowest BCUT2D eigenvalue weighted by atomic mass is 9.89. The number of nitrogens with two attached hydrogens (primary N) is 1. The fourth-order valence-corrected chi connectivity index (χ4v) is 4.70. The van der Waals surface area contributed by atoms with Crippen molar-refractivity contribution in [1.29, 1.82) is 0 Å². The molecule has 0 radical (unpaired) electrons. The number of aromatic amines is 1. The smallest absolute Gasteiger partial charge is 0.224 e. The van der Waals surface area contributed by atoms with Crippen LogP contribution in [0, 0.1) is 11.8 Å². The minimum Gasteiger partial charge on any atom is -0.368 e. The summed E-state index contributed by atoms with van der Waals surface area (Å²) in [5.41, 5.74) is 7.74. The number of nitrogen functional groups attached to an aromatic ring is 1. The number of amides is 1. The molecule has 8 nitrogen and oxygen atoms in total. The summed E-state index contributed by atoms with van der Waals surface area (Å²) in [6.07, 6.45) is 1.74. The number of hydrogen-bond acceptors (Lipinski definition) is 6. The highest BCUT2D eigenvalue weighted by molar-refractivity contribution is 5.87. The Morgan fingerprint density at radius 3 is 2.78 bits per heavy atom. The first kappa shape index (κ1) is 16.0. The predicted molar refractivity (Wildman–Crippen MR) is 102 cm³/mol. The van der Waals surface area contributed by atoms with E-state index in [-0.39, 0.29) is 17.9 Å². The largest absolute Gasteiger partial charge is 0.368 e. The van der Waals surface area contributed by atoms with Gasteiger partial charge in [0.25, 0.3) is 0 Å². The Labute approximate surface area is 156 Å². The minimum atomic E-state index is 0.0951. The molecule has 138 valence electrons. The van der Waals surface area contributed by atoms with Gasteiger partial charge in [-0.2, -0.15) is 15.1 Å². The van der Waals surface area contributed by atoms with E-state index in [0.717, 1.165) is 30.8 Å². The van der Waals surface area contributed by atoms with Crippen molar-refractivity contribution in [2.75, 3.05) is 30.3 Å². The number of aromatic nitrogens is 4. The van der Waals surface area contributed by atoms with Crippen molar-refractivity contribution < 1.29 is 4.79 Å². The van der Waals surface area contributed by atoms with Gasteiger partial charge in [-0.1, -0.05) is 30.3 Å². The summed E-state index contributed by atoms with van der Waals surface area (Å²) >= 11 is 0. The molecule has 3 aromatic rings. The molecule has 2 aliphatic rings. The Kier molecular flexibility index (Phi) is 3.53. The van der Waals surface area contributed by atoms with Crippen molar-refractivity contribution in [3.05, 3.63) is 42.1 Å². The van der Waals surface area contributed by atoms with E-state index in [2.05, 4.69) is 37.2 Å². The van der Waals surface area contributed by atoms with Crippen LogP contribution in [0.2, 0.25) is 0 Å². The van der Waals surface area contributed by atoms with Crippen LogP contribution < -0.4 is 10.6 Å². The molecule has 4 heterocycles. The average molecular weight is 363 g/mol. The lowest BCUT2D eigenvalue weighted by Crippen LogP contribution is -2.34. The molecular formula is C19H21N7O. The van der Waals surface area contributed by atoms with Gasteiger partial charge >= 0.3 is 0 Å². The number of carbonyl (C=O) groups excluding carboxylic acids is 1. The van der Waals surface area contributed by atoms with Crippen molar-refractivity contribution in [2.24, 2.45) is 11.8 Å². The number of rotatable bonds is 2. The number of carbonyl (C=O) groups is 1. The zero-order valence-corrected chi connectivity index (χ0v) is 15.0. The fraction of sp³-hybridized carbons (Fsp3) is 0.368.